The van der Waals surface area contributed by atoms with Gasteiger partial charge in [0.2, 0.25) is 0 Å². The second-order valence-electron chi connectivity index (χ2n) is 5.02. The molecule has 0 aliphatic heterocycles. The van der Waals surface area contributed by atoms with Crippen LogP contribution in [0.25, 0.3) is 0 Å². The van der Waals surface area contributed by atoms with Gasteiger partial charge in [0.25, 0.3) is 0 Å². The molecule has 4 nitrogen and oxygen atoms in total. The van der Waals surface area contributed by atoms with Crippen LogP contribution in [0.4, 0.5) is 0 Å². The second kappa shape index (κ2) is 10.7. The van der Waals surface area contributed by atoms with Crippen LogP contribution in [0.1, 0.15) is 67.1 Å². The Labute approximate surface area is 139 Å². The SMILES string of the molecule is CCCCCC(CC)(CC)C(CC(=O)O)C(=O)O.[H-].[Na+]. The minimum atomic E-state index is -1.02. The molecule has 0 bridgehead atoms. The minimum Gasteiger partial charge on any atom is -1.00 e. The fourth-order valence-electron chi connectivity index (χ4n) is 2.74. The van der Waals surface area contributed by atoms with Gasteiger partial charge in [0.05, 0.1) is 12.3 Å². The van der Waals surface area contributed by atoms with E-state index < -0.39 is 17.9 Å². The molecule has 5 heteroatoms. The first-order valence-corrected chi connectivity index (χ1v) is 6.88. The van der Waals surface area contributed by atoms with E-state index >= 15 is 0 Å². The van der Waals surface area contributed by atoms with Gasteiger partial charge in [-0.25, -0.2) is 0 Å². The first-order chi connectivity index (χ1) is 8.43. The van der Waals surface area contributed by atoms with E-state index in [1.54, 1.807) is 0 Å². The van der Waals surface area contributed by atoms with Crippen LogP contribution in [0.2, 0.25) is 0 Å². The fourth-order valence-corrected chi connectivity index (χ4v) is 2.74. The summed E-state index contributed by atoms with van der Waals surface area (Å²) in [6.07, 6.45) is 5.10. The van der Waals surface area contributed by atoms with Crippen molar-refractivity contribution in [2.45, 2.75) is 65.7 Å². The summed E-state index contributed by atoms with van der Waals surface area (Å²) in [5.74, 6) is -2.77. The molecule has 2 N–H and O–H groups in total. The summed E-state index contributed by atoms with van der Waals surface area (Å²) in [4.78, 5) is 22.2. The van der Waals surface area contributed by atoms with E-state index in [9.17, 15) is 14.7 Å². The van der Waals surface area contributed by atoms with Gasteiger partial charge in [-0.05, 0) is 24.7 Å². The van der Waals surface area contributed by atoms with Crippen LogP contribution in [0.3, 0.4) is 0 Å². The van der Waals surface area contributed by atoms with Gasteiger partial charge in [0.1, 0.15) is 0 Å². The first kappa shape index (κ1) is 21.2. The molecule has 0 spiro atoms. The summed E-state index contributed by atoms with van der Waals surface area (Å²) in [7, 11) is 0. The molecule has 0 aromatic rings. The monoisotopic (exact) mass is 282 g/mol. The maximum Gasteiger partial charge on any atom is 1.00 e. The normalized spacial score (nSPS) is 12.6. The van der Waals surface area contributed by atoms with E-state index in [0.29, 0.717) is 0 Å². The van der Waals surface area contributed by atoms with Crippen LogP contribution < -0.4 is 29.6 Å². The molecule has 1 atom stereocenters. The van der Waals surface area contributed by atoms with E-state index in [0.717, 1.165) is 38.5 Å². The molecule has 0 aliphatic carbocycles. The van der Waals surface area contributed by atoms with Gasteiger partial charge in [-0.3, -0.25) is 9.59 Å². The van der Waals surface area contributed by atoms with Crippen LogP contribution >= 0.6 is 0 Å². The number of carbonyl (C=O) groups is 2. The van der Waals surface area contributed by atoms with Gasteiger partial charge in [0, 0.05) is 0 Å². The molecular weight excluding hydrogens is 255 g/mol. The van der Waals surface area contributed by atoms with Crippen molar-refractivity contribution < 1.29 is 50.8 Å². The number of hydrogen-bond donors (Lipinski definition) is 2. The third-order valence-corrected chi connectivity index (χ3v) is 4.10. The third-order valence-electron chi connectivity index (χ3n) is 4.10. The average molecular weight is 282 g/mol. The van der Waals surface area contributed by atoms with Crippen molar-refractivity contribution in [1.82, 2.24) is 0 Å². The van der Waals surface area contributed by atoms with Gasteiger partial charge < -0.3 is 11.6 Å². The Hall–Kier alpha value is -0.0600. The smallest absolute Gasteiger partial charge is 1.00 e. The molecule has 0 fully saturated rings. The maximum absolute atomic E-state index is 11.4. The second-order valence-corrected chi connectivity index (χ2v) is 5.02. The van der Waals surface area contributed by atoms with Crippen molar-refractivity contribution in [2.24, 2.45) is 11.3 Å². The number of rotatable bonds is 10. The van der Waals surface area contributed by atoms with Gasteiger partial charge in [-0.2, -0.15) is 0 Å². The summed E-state index contributed by atoms with van der Waals surface area (Å²) in [5.41, 5.74) is -0.376. The Morgan fingerprint density at radius 2 is 1.63 bits per heavy atom. The number of carboxylic acid groups (broad SMARTS) is 2. The standard InChI is InChI=1S/C14H26O4.Na.H/c1-4-7-8-9-14(5-2,6-3)11(13(17)18)10-12(15)16;;/h11H,4-10H2,1-3H3,(H,15,16)(H,17,18);;/q;+1;-1. The zero-order valence-electron chi connectivity index (χ0n) is 13.7. The number of unbranched alkanes of at least 4 members (excludes halogenated alkanes) is 2. The molecule has 0 aromatic carbocycles. The van der Waals surface area contributed by atoms with Gasteiger partial charge in [0.15, 0.2) is 0 Å². The minimum absolute atomic E-state index is 0. The predicted octanol–water partition coefficient (Wildman–Crippen LogP) is 0.665. The number of aliphatic carboxylic acids is 2. The molecular formula is C14H27NaO4. The molecule has 0 saturated heterocycles. The third kappa shape index (κ3) is 6.77. The summed E-state index contributed by atoms with van der Waals surface area (Å²) in [5, 5.41) is 18.2. The molecule has 0 heterocycles. The van der Waals surface area contributed by atoms with Crippen LogP contribution in [0.5, 0.6) is 0 Å². The van der Waals surface area contributed by atoms with E-state index in [1.165, 1.54) is 0 Å². The van der Waals surface area contributed by atoms with Crippen LogP contribution in [0.15, 0.2) is 0 Å². The van der Waals surface area contributed by atoms with Gasteiger partial charge >= 0.3 is 41.5 Å². The molecule has 1 unspecified atom stereocenters. The van der Waals surface area contributed by atoms with Crippen molar-refractivity contribution in [3.8, 4) is 0 Å². The van der Waals surface area contributed by atoms with Gasteiger partial charge in [-0.1, -0.05) is 40.0 Å². The molecule has 0 amide bonds. The van der Waals surface area contributed by atoms with Crippen LogP contribution in [-0.4, -0.2) is 22.2 Å². The van der Waals surface area contributed by atoms with Crippen molar-refractivity contribution in [3.63, 3.8) is 0 Å². The zero-order valence-corrected chi connectivity index (χ0v) is 14.7. The Kier molecular flexibility index (Phi) is 12.0. The molecule has 0 aliphatic rings. The van der Waals surface area contributed by atoms with Crippen molar-refractivity contribution in [2.75, 3.05) is 0 Å². The van der Waals surface area contributed by atoms with E-state index in [4.69, 9.17) is 5.11 Å². The summed E-state index contributed by atoms with van der Waals surface area (Å²) >= 11 is 0. The quantitative estimate of drug-likeness (QED) is 0.456. The van der Waals surface area contributed by atoms with Gasteiger partial charge in [-0.15, -0.1) is 0 Å². The van der Waals surface area contributed by atoms with Crippen molar-refractivity contribution >= 4 is 11.9 Å². The Bertz CT molecular complexity index is 280. The Morgan fingerprint density at radius 1 is 1.11 bits per heavy atom. The van der Waals surface area contributed by atoms with E-state index in [2.05, 4.69) is 6.92 Å². The molecule has 19 heavy (non-hydrogen) atoms. The van der Waals surface area contributed by atoms with Crippen molar-refractivity contribution in [3.05, 3.63) is 0 Å². The van der Waals surface area contributed by atoms with E-state index in [1.807, 2.05) is 13.8 Å². The Balaban J connectivity index is -0.00000144. The molecule has 0 saturated carbocycles. The average Bonchev–Trinajstić information content (AvgIpc) is 2.32. The zero-order chi connectivity index (χ0) is 14.2. The van der Waals surface area contributed by atoms with E-state index in [-0.39, 0.29) is 42.8 Å². The Morgan fingerprint density at radius 3 is 1.95 bits per heavy atom. The number of carboxylic acids is 2. The maximum atomic E-state index is 11.4. The molecule has 0 rings (SSSR count). The molecule has 0 aromatic heterocycles. The predicted molar refractivity (Wildman–Crippen MR) is 71.6 cm³/mol. The first-order valence-electron chi connectivity index (χ1n) is 6.88. The summed E-state index contributed by atoms with van der Waals surface area (Å²) in [6, 6.07) is 0. The molecule has 0 radical (unpaired) electrons. The van der Waals surface area contributed by atoms with Crippen LogP contribution in [-0.2, 0) is 9.59 Å². The summed E-state index contributed by atoms with van der Waals surface area (Å²) < 4.78 is 0. The fraction of sp³-hybridized carbons (Fsp3) is 0.857. The molecule has 108 valence electrons. The van der Waals surface area contributed by atoms with Crippen molar-refractivity contribution in [1.29, 1.82) is 0 Å². The largest absolute Gasteiger partial charge is 1.00 e. The topological polar surface area (TPSA) is 74.6 Å². The number of hydrogen-bond acceptors (Lipinski definition) is 2. The van der Waals surface area contributed by atoms with Crippen LogP contribution in [0, 0.1) is 11.3 Å². The summed E-state index contributed by atoms with van der Waals surface area (Å²) in [6.45, 7) is 6.03.